The van der Waals surface area contributed by atoms with Crippen LogP contribution in [0.5, 0.6) is 0 Å². The van der Waals surface area contributed by atoms with Crippen LogP contribution in [0.2, 0.25) is 0 Å². The third-order valence-electron chi connectivity index (χ3n) is 5.31. The lowest BCUT2D eigenvalue weighted by Gasteiger charge is -2.27. The van der Waals surface area contributed by atoms with Gasteiger partial charge in [0.2, 0.25) is 0 Å². The van der Waals surface area contributed by atoms with Crippen LogP contribution in [0.3, 0.4) is 0 Å². The lowest BCUT2D eigenvalue weighted by atomic mass is 10.1. The van der Waals surface area contributed by atoms with Gasteiger partial charge in [-0.2, -0.15) is 0 Å². The number of rotatable bonds is 8. The van der Waals surface area contributed by atoms with Crippen molar-refractivity contribution in [3.63, 3.8) is 0 Å². The van der Waals surface area contributed by atoms with E-state index < -0.39 is 9.84 Å². The summed E-state index contributed by atoms with van der Waals surface area (Å²) in [6, 6.07) is 11.2. The van der Waals surface area contributed by atoms with Crippen LogP contribution in [0.25, 0.3) is 0 Å². The molecule has 0 aliphatic carbocycles. The molecule has 0 unspecified atom stereocenters. The highest BCUT2D eigenvalue weighted by Gasteiger charge is 2.12. The Balaban J connectivity index is 1.55. The number of aromatic nitrogens is 1. The monoisotopic (exact) mass is 443 g/mol. The molecule has 0 radical (unpaired) electrons. The number of benzene rings is 1. The second kappa shape index (κ2) is 11.1. The van der Waals surface area contributed by atoms with Crippen LogP contribution in [-0.4, -0.2) is 51.8 Å². The van der Waals surface area contributed by atoms with Gasteiger partial charge >= 0.3 is 0 Å². The van der Waals surface area contributed by atoms with E-state index in [1.165, 1.54) is 25.5 Å². The third kappa shape index (κ3) is 7.24. The summed E-state index contributed by atoms with van der Waals surface area (Å²) in [4.78, 5) is 12.0. The quantitative estimate of drug-likeness (QED) is 0.482. The molecule has 1 aliphatic rings. The maximum absolute atomic E-state index is 11.6. The zero-order valence-electron chi connectivity index (χ0n) is 18.5. The minimum absolute atomic E-state index is 0.348. The minimum Gasteiger partial charge on any atom is -0.357 e. The van der Waals surface area contributed by atoms with E-state index in [0.717, 1.165) is 49.0 Å². The summed E-state index contributed by atoms with van der Waals surface area (Å²) in [6.07, 6.45) is 7.64. The lowest BCUT2D eigenvalue weighted by molar-refractivity contribution is 0.573. The average Bonchev–Trinajstić information content (AvgIpc) is 2.78. The van der Waals surface area contributed by atoms with Gasteiger partial charge in [0.1, 0.15) is 5.82 Å². The SMILES string of the molecule is CCNC(=NCc1ccnc(N2CCCCC2)c1)NCCc1ccc(S(C)(=O)=O)cc1. The van der Waals surface area contributed by atoms with Gasteiger partial charge < -0.3 is 15.5 Å². The molecule has 1 aromatic heterocycles. The van der Waals surface area contributed by atoms with Crippen molar-refractivity contribution in [1.82, 2.24) is 15.6 Å². The molecule has 0 saturated carbocycles. The van der Waals surface area contributed by atoms with Crippen LogP contribution in [0, 0.1) is 0 Å². The van der Waals surface area contributed by atoms with Crippen molar-refractivity contribution in [3.8, 4) is 0 Å². The predicted molar refractivity (Wildman–Crippen MR) is 126 cm³/mol. The summed E-state index contributed by atoms with van der Waals surface area (Å²) < 4.78 is 23.2. The molecule has 1 fully saturated rings. The van der Waals surface area contributed by atoms with Crippen molar-refractivity contribution in [1.29, 1.82) is 0 Å². The number of anilines is 1. The van der Waals surface area contributed by atoms with Crippen LogP contribution in [0.1, 0.15) is 37.3 Å². The van der Waals surface area contributed by atoms with Crippen molar-refractivity contribution in [3.05, 3.63) is 53.7 Å². The largest absolute Gasteiger partial charge is 0.357 e. The molecule has 1 aromatic carbocycles. The van der Waals surface area contributed by atoms with Gasteiger partial charge in [0.25, 0.3) is 0 Å². The van der Waals surface area contributed by atoms with Gasteiger partial charge in [0, 0.05) is 38.6 Å². The van der Waals surface area contributed by atoms with Gasteiger partial charge in [0.15, 0.2) is 15.8 Å². The fourth-order valence-corrected chi connectivity index (χ4v) is 4.23. The molecular formula is C23H33N5O2S. The fourth-order valence-electron chi connectivity index (χ4n) is 3.60. The van der Waals surface area contributed by atoms with E-state index in [1.807, 2.05) is 31.3 Å². The number of aliphatic imine (C=N–C) groups is 1. The second-order valence-electron chi connectivity index (χ2n) is 7.86. The van der Waals surface area contributed by atoms with Crippen LogP contribution >= 0.6 is 0 Å². The molecule has 168 valence electrons. The molecule has 8 heteroatoms. The standard InChI is InChI=1S/C23H33N5O2S/c1-3-24-23(26-14-11-19-7-9-21(10-8-19)31(2,29)30)27-18-20-12-13-25-22(17-20)28-15-5-4-6-16-28/h7-10,12-13,17H,3-6,11,14-16,18H2,1-2H3,(H2,24,26,27). The highest BCUT2D eigenvalue weighted by molar-refractivity contribution is 7.90. The first kappa shape index (κ1) is 23.1. The maximum Gasteiger partial charge on any atom is 0.191 e. The Morgan fingerprint density at radius 3 is 2.48 bits per heavy atom. The zero-order chi connectivity index (χ0) is 22.1. The number of piperidine rings is 1. The predicted octanol–water partition coefficient (Wildman–Crippen LogP) is 2.77. The van der Waals surface area contributed by atoms with Crippen molar-refractivity contribution < 1.29 is 8.42 Å². The van der Waals surface area contributed by atoms with Crippen LogP contribution in [-0.2, 0) is 22.8 Å². The number of sulfone groups is 1. The molecule has 7 nitrogen and oxygen atoms in total. The summed E-state index contributed by atoms with van der Waals surface area (Å²) >= 11 is 0. The van der Waals surface area contributed by atoms with Gasteiger partial charge in [-0.05, 0) is 68.0 Å². The number of nitrogens with zero attached hydrogens (tertiary/aromatic N) is 3. The topological polar surface area (TPSA) is 86.7 Å². The zero-order valence-corrected chi connectivity index (χ0v) is 19.3. The van der Waals surface area contributed by atoms with Crippen molar-refractivity contribution >= 4 is 21.6 Å². The van der Waals surface area contributed by atoms with E-state index in [0.29, 0.717) is 18.0 Å². The van der Waals surface area contributed by atoms with E-state index in [1.54, 1.807) is 12.1 Å². The molecule has 2 N–H and O–H groups in total. The first-order chi connectivity index (χ1) is 15.0. The molecule has 0 atom stereocenters. The summed E-state index contributed by atoms with van der Waals surface area (Å²) in [5, 5.41) is 6.64. The second-order valence-corrected chi connectivity index (χ2v) is 9.87. The van der Waals surface area contributed by atoms with E-state index in [2.05, 4.69) is 26.6 Å². The average molecular weight is 444 g/mol. The smallest absolute Gasteiger partial charge is 0.191 e. The Morgan fingerprint density at radius 1 is 1.06 bits per heavy atom. The Kier molecular flexibility index (Phi) is 8.28. The highest BCUT2D eigenvalue weighted by atomic mass is 32.2. The van der Waals surface area contributed by atoms with Gasteiger partial charge in [-0.1, -0.05) is 12.1 Å². The van der Waals surface area contributed by atoms with Crippen LogP contribution < -0.4 is 15.5 Å². The van der Waals surface area contributed by atoms with E-state index >= 15 is 0 Å². The summed E-state index contributed by atoms with van der Waals surface area (Å²) in [5.41, 5.74) is 2.22. The molecule has 0 spiro atoms. The van der Waals surface area contributed by atoms with E-state index in [-0.39, 0.29) is 0 Å². The molecule has 1 saturated heterocycles. The minimum atomic E-state index is -3.16. The Bertz CT molecular complexity index is 968. The molecule has 3 rings (SSSR count). The molecule has 31 heavy (non-hydrogen) atoms. The van der Waals surface area contributed by atoms with E-state index in [4.69, 9.17) is 4.99 Å². The van der Waals surface area contributed by atoms with Crippen molar-refractivity contribution in [2.45, 2.75) is 44.0 Å². The summed E-state index contributed by atoms with van der Waals surface area (Å²) in [6.45, 7) is 6.28. The normalized spacial score (nSPS) is 15.0. The summed E-state index contributed by atoms with van der Waals surface area (Å²) in [7, 11) is -3.16. The number of pyridine rings is 1. The van der Waals surface area contributed by atoms with Gasteiger partial charge in [0.05, 0.1) is 11.4 Å². The third-order valence-corrected chi connectivity index (χ3v) is 6.44. The van der Waals surface area contributed by atoms with E-state index in [9.17, 15) is 8.42 Å². The van der Waals surface area contributed by atoms with Crippen LogP contribution in [0.4, 0.5) is 5.82 Å². The number of guanidine groups is 1. The lowest BCUT2D eigenvalue weighted by Crippen LogP contribution is -2.38. The molecular weight excluding hydrogens is 410 g/mol. The number of hydrogen-bond donors (Lipinski definition) is 2. The fraction of sp³-hybridized carbons (Fsp3) is 0.478. The van der Waals surface area contributed by atoms with Crippen molar-refractivity contribution in [2.24, 2.45) is 4.99 Å². The Morgan fingerprint density at radius 2 is 1.81 bits per heavy atom. The first-order valence-electron chi connectivity index (χ1n) is 11.0. The van der Waals surface area contributed by atoms with Gasteiger partial charge in [-0.3, -0.25) is 0 Å². The number of nitrogens with one attached hydrogen (secondary N) is 2. The Hall–Kier alpha value is -2.61. The Labute approximate surface area is 185 Å². The first-order valence-corrected chi connectivity index (χ1v) is 12.9. The number of hydrogen-bond acceptors (Lipinski definition) is 5. The van der Waals surface area contributed by atoms with Gasteiger partial charge in [-0.25, -0.2) is 18.4 Å². The van der Waals surface area contributed by atoms with Crippen LogP contribution in [0.15, 0.2) is 52.5 Å². The van der Waals surface area contributed by atoms with Gasteiger partial charge in [-0.15, -0.1) is 0 Å². The maximum atomic E-state index is 11.6. The summed E-state index contributed by atoms with van der Waals surface area (Å²) in [5.74, 6) is 1.81. The molecule has 0 amide bonds. The molecule has 1 aliphatic heterocycles. The molecule has 2 aromatic rings. The molecule has 0 bridgehead atoms. The van der Waals surface area contributed by atoms with Crippen molar-refractivity contribution in [2.75, 3.05) is 37.3 Å². The molecule has 2 heterocycles. The highest BCUT2D eigenvalue weighted by Crippen LogP contribution is 2.18.